The Kier molecular flexibility index (Phi) is 11.3. The predicted octanol–water partition coefficient (Wildman–Crippen LogP) is 4.20. The second-order valence-corrected chi connectivity index (χ2v) is 12.3. The number of aliphatic hydroxyl groups is 1. The number of piperidine rings is 1. The molecule has 2 aromatic heterocycles. The lowest BCUT2D eigenvalue weighted by Gasteiger charge is -2.34. The van der Waals surface area contributed by atoms with Crippen LogP contribution in [0.5, 0.6) is 0 Å². The van der Waals surface area contributed by atoms with Crippen molar-refractivity contribution in [3.8, 4) is 11.3 Å². The van der Waals surface area contributed by atoms with Gasteiger partial charge < -0.3 is 15.7 Å². The van der Waals surface area contributed by atoms with Crippen LogP contribution in [0.15, 0.2) is 55.4 Å². The van der Waals surface area contributed by atoms with Crippen molar-refractivity contribution in [1.82, 2.24) is 24.4 Å². The minimum absolute atomic E-state index is 0.304. The van der Waals surface area contributed by atoms with E-state index in [0.717, 1.165) is 61.2 Å². The number of aromatic nitrogens is 3. The van der Waals surface area contributed by atoms with Crippen LogP contribution in [0.3, 0.4) is 0 Å². The topological polar surface area (TPSA) is 126 Å². The molecule has 1 unspecified atom stereocenters. The van der Waals surface area contributed by atoms with Gasteiger partial charge in [0, 0.05) is 31.0 Å². The Bertz CT molecular complexity index is 1430. The van der Waals surface area contributed by atoms with Gasteiger partial charge in [0.1, 0.15) is 0 Å². The van der Waals surface area contributed by atoms with Crippen LogP contribution in [0.25, 0.3) is 16.8 Å². The molecule has 1 saturated heterocycles. The van der Waals surface area contributed by atoms with Crippen molar-refractivity contribution >= 4 is 21.3 Å². The highest BCUT2D eigenvalue weighted by Gasteiger charge is 2.30. The molecule has 9 nitrogen and oxygen atoms in total. The largest absolute Gasteiger partial charge is 0.416 e. The van der Waals surface area contributed by atoms with E-state index in [4.69, 9.17) is 5.73 Å². The number of nitrogen functional groups attached to an aromatic ring is 1. The molecule has 4 N–H and O–H groups in total. The third kappa shape index (κ3) is 9.65. The number of benzene rings is 1. The van der Waals surface area contributed by atoms with Gasteiger partial charge in [-0.05, 0) is 74.2 Å². The normalized spacial score (nSPS) is 15.6. The maximum absolute atomic E-state index is 12.8. The molecule has 0 amide bonds. The minimum atomic E-state index is -4.37. The summed E-state index contributed by atoms with van der Waals surface area (Å²) >= 11 is 0. The maximum atomic E-state index is 12.8. The van der Waals surface area contributed by atoms with Gasteiger partial charge in [-0.3, -0.25) is 9.67 Å². The molecule has 0 spiro atoms. The fraction of sp³-hybridized carbons (Fsp3) is 0.448. The van der Waals surface area contributed by atoms with Gasteiger partial charge in [-0.15, -0.1) is 0 Å². The zero-order chi connectivity index (χ0) is 31.1. The van der Waals surface area contributed by atoms with E-state index in [1.54, 1.807) is 17.8 Å². The number of nitrogens with one attached hydrogen (secondary N) is 1. The third-order valence-corrected chi connectivity index (χ3v) is 7.74. The Morgan fingerprint density at radius 2 is 1.83 bits per heavy atom. The molecule has 1 atom stereocenters. The minimum Gasteiger partial charge on any atom is -0.397 e. The summed E-state index contributed by atoms with van der Waals surface area (Å²) in [6.07, 6.45) is 1.51. The van der Waals surface area contributed by atoms with Gasteiger partial charge in [-0.1, -0.05) is 25.6 Å². The molecule has 1 aromatic carbocycles. The average Bonchev–Trinajstić information content (AvgIpc) is 3.27. The number of pyridine rings is 1. The number of β-amino-alcohol motifs (C(OH)–C–C–N with tert-alkyl or cyclic N) is 1. The molecule has 0 bridgehead atoms. The number of sulfonamides is 1. The highest BCUT2D eigenvalue weighted by atomic mass is 32.2. The molecule has 13 heteroatoms. The lowest BCUT2D eigenvalue weighted by atomic mass is 9.87. The van der Waals surface area contributed by atoms with Crippen LogP contribution in [0.2, 0.25) is 0 Å². The lowest BCUT2D eigenvalue weighted by Crippen LogP contribution is -2.40. The predicted molar refractivity (Wildman–Crippen MR) is 159 cm³/mol. The number of alkyl halides is 3. The summed E-state index contributed by atoms with van der Waals surface area (Å²) in [4.78, 5) is 6.60. The molecule has 1 fully saturated rings. The van der Waals surface area contributed by atoms with Crippen molar-refractivity contribution in [3.05, 3.63) is 72.2 Å². The Hall–Kier alpha value is -3.26. The molecule has 3 aromatic rings. The molecule has 0 aliphatic carbocycles. The molecule has 1 aliphatic rings. The highest BCUT2D eigenvalue weighted by molar-refractivity contribution is 7.88. The van der Waals surface area contributed by atoms with E-state index in [1.807, 2.05) is 25.3 Å². The van der Waals surface area contributed by atoms with E-state index in [0.29, 0.717) is 42.5 Å². The van der Waals surface area contributed by atoms with Crippen LogP contribution >= 0.6 is 0 Å². The molecule has 230 valence electrons. The second kappa shape index (κ2) is 14.3. The number of aryl methyl sites for hydroxylation is 1. The molecule has 4 rings (SSSR count). The van der Waals surface area contributed by atoms with Gasteiger partial charge >= 0.3 is 6.18 Å². The van der Waals surface area contributed by atoms with Crippen LogP contribution < -0.4 is 10.5 Å². The van der Waals surface area contributed by atoms with Crippen molar-refractivity contribution in [1.29, 1.82) is 0 Å². The SMILES string of the molecule is C=C(c1ncccc1N)C1CCN(CC(O)Cn2cc(C)c(-c3ccc(C(F)(F)F)cc3)n2)CC1.CCNS(C)(=O)=O. The monoisotopic (exact) mass is 608 g/mol. The van der Waals surface area contributed by atoms with Crippen molar-refractivity contribution in [2.24, 2.45) is 5.92 Å². The van der Waals surface area contributed by atoms with Crippen molar-refractivity contribution in [2.75, 3.05) is 38.2 Å². The van der Waals surface area contributed by atoms with Gasteiger partial charge in [0.25, 0.3) is 0 Å². The Balaban J connectivity index is 0.000000616. The zero-order valence-electron chi connectivity index (χ0n) is 24.1. The quantitative estimate of drug-likeness (QED) is 0.333. The summed E-state index contributed by atoms with van der Waals surface area (Å²) in [5.41, 5.74) is 9.79. The van der Waals surface area contributed by atoms with Crippen LogP contribution in [0, 0.1) is 12.8 Å². The number of likely N-dealkylation sites (tertiary alicyclic amines) is 1. The Labute approximate surface area is 245 Å². The number of nitrogens with zero attached hydrogens (tertiary/aromatic N) is 4. The van der Waals surface area contributed by atoms with E-state index < -0.39 is 27.9 Å². The first-order valence-electron chi connectivity index (χ1n) is 13.6. The molecule has 1 aliphatic heterocycles. The number of allylic oxidation sites excluding steroid dienone is 1. The van der Waals surface area contributed by atoms with Crippen LogP contribution in [-0.2, 0) is 22.7 Å². The summed E-state index contributed by atoms with van der Waals surface area (Å²) in [7, 11) is -2.92. The number of anilines is 1. The van der Waals surface area contributed by atoms with Gasteiger partial charge in [0.2, 0.25) is 10.0 Å². The van der Waals surface area contributed by atoms with Gasteiger partial charge in [0.15, 0.2) is 0 Å². The average molecular weight is 609 g/mol. The number of hydrogen-bond donors (Lipinski definition) is 3. The standard InChI is InChI=1S/C26H30F3N5O.C3H9NO2S/c1-17-14-34(32-24(17)20-5-7-21(8-6-20)26(27,28)29)16-22(35)15-33-12-9-19(10-13-33)18(2)25-23(30)4-3-11-31-25;1-3-4-7(2,5)6/h3-8,11,14,19,22,35H,2,9-10,12-13,15-16,30H2,1H3;4H,3H2,1-2H3. The molecule has 42 heavy (non-hydrogen) atoms. The van der Waals surface area contributed by atoms with Crippen molar-refractivity contribution < 1.29 is 26.7 Å². The number of rotatable bonds is 9. The molecular formula is C29H39F3N6O3S. The fourth-order valence-electron chi connectivity index (χ4n) is 4.89. The summed E-state index contributed by atoms with van der Waals surface area (Å²) < 4.78 is 62.7. The van der Waals surface area contributed by atoms with Crippen LogP contribution in [0.1, 0.15) is 36.6 Å². The number of aliphatic hydroxyl groups excluding tert-OH is 1. The Morgan fingerprint density at radius 1 is 1.19 bits per heavy atom. The molecular weight excluding hydrogens is 569 g/mol. The smallest absolute Gasteiger partial charge is 0.397 e. The molecule has 0 saturated carbocycles. The summed E-state index contributed by atoms with van der Waals surface area (Å²) in [5.74, 6) is 0.306. The molecule has 3 heterocycles. The number of hydrogen-bond acceptors (Lipinski definition) is 7. The first kappa shape index (κ1) is 33.2. The van der Waals surface area contributed by atoms with E-state index in [2.05, 4.69) is 26.3 Å². The summed E-state index contributed by atoms with van der Waals surface area (Å²) in [6.45, 7) is 10.8. The van der Waals surface area contributed by atoms with Gasteiger partial charge in [-0.25, -0.2) is 13.1 Å². The van der Waals surface area contributed by atoms with E-state index in [-0.39, 0.29) is 0 Å². The van der Waals surface area contributed by atoms with Crippen molar-refractivity contribution in [2.45, 2.75) is 45.5 Å². The third-order valence-electron chi connectivity index (χ3n) is 6.93. The Morgan fingerprint density at radius 3 is 2.36 bits per heavy atom. The highest BCUT2D eigenvalue weighted by Crippen LogP contribution is 2.33. The second-order valence-electron chi connectivity index (χ2n) is 10.4. The van der Waals surface area contributed by atoms with E-state index in [1.165, 1.54) is 12.1 Å². The summed E-state index contributed by atoms with van der Waals surface area (Å²) in [5, 5.41) is 15.2. The van der Waals surface area contributed by atoms with Gasteiger partial charge in [-0.2, -0.15) is 18.3 Å². The zero-order valence-corrected chi connectivity index (χ0v) is 24.9. The first-order chi connectivity index (χ1) is 19.7. The lowest BCUT2D eigenvalue weighted by molar-refractivity contribution is -0.137. The molecule has 0 radical (unpaired) electrons. The van der Waals surface area contributed by atoms with Crippen LogP contribution in [-0.4, -0.2) is 71.7 Å². The first-order valence-corrected chi connectivity index (χ1v) is 15.5. The fourth-order valence-corrected chi connectivity index (χ4v) is 5.42. The van der Waals surface area contributed by atoms with E-state index in [9.17, 15) is 26.7 Å². The van der Waals surface area contributed by atoms with Crippen molar-refractivity contribution in [3.63, 3.8) is 0 Å². The van der Waals surface area contributed by atoms with Crippen LogP contribution in [0.4, 0.5) is 18.9 Å². The number of nitrogens with two attached hydrogens (primary N) is 1. The maximum Gasteiger partial charge on any atom is 0.416 e. The number of halogens is 3. The summed E-state index contributed by atoms with van der Waals surface area (Å²) in [6, 6.07) is 8.61. The van der Waals surface area contributed by atoms with E-state index >= 15 is 0 Å². The van der Waals surface area contributed by atoms with Gasteiger partial charge in [0.05, 0.1) is 41.5 Å².